The highest BCUT2D eigenvalue weighted by Gasteiger charge is 2.24. The molecular weight excluding hydrogens is 268 g/mol. The third-order valence-electron chi connectivity index (χ3n) is 3.85. The zero-order valence-electron chi connectivity index (χ0n) is 13.8. The first-order valence-electron chi connectivity index (χ1n) is 7.78. The Labute approximate surface area is 128 Å². The standard InChI is InChI=1S/C15H30N4O2/c1-11(2)9-13(16)15(21)17-12-5-7-19(8-6-12)10-14(20)18(3)4/h11-13H,5-10,16H2,1-4H3,(H,17,21)/t13-/m0/s1. The molecule has 0 spiro atoms. The molecule has 0 aromatic rings. The van der Waals surface area contributed by atoms with Crippen LogP contribution in [0.15, 0.2) is 0 Å². The highest BCUT2D eigenvalue weighted by atomic mass is 16.2. The molecule has 1 fully saturated rings. The number of nitrogens with two attached hydrogens (primary N) is 1. The number of likely N-dealkylation sites (tertiary alicyclic amines) is 1. The van der Waals surface area contributed by atoms with Crippen LogP contribution >= 0.6 is 0 Å². The first kappa shape index (κ1) is 17.9. The summed E-state index contributed by atoms with van der Waals surface area (Å²) in [6.45, 7) is 6.26. The van der Waals surface area contributed by atoms with E-state index < -0.39 is 6.04 Å². The van der Waals surface area contributed by atoms with E-state index in [4.69, 9.17) is 5.73 Å². The van der Waals surface area contributed by atoms with Crippen molar-refractivity contribution in [1.29, 1.82) is 0 Å². The van der Waals surface area contributed by atoms with E-state index in [1.807, 2.05) is 0 Å². The normalized spacial score (nSPS) is 18.6. The van der Waals surface area contributed by atoms with Gasteiger partial charge in [0.1, 0.15) is 0 Å². The number of carbonyl (C=O) groups is 2. The second-order valence-electron chi connectivity index (χ2n) is 6.58. The summed E-state index contributed by atoms with van der Waals surface area (Å²) in [6.07, 6.45) is 2.46. The van der Waals surface area contributed by atoms with E-state index in [1.54, 1.807) is 19.0 Å². The van der Waals surface area contributed by atoms with E-state index in [1.165, 1.54) is 0 Å². The van der Waals surface area contributed by atoms with Crippen LogP contribution in [0.3, 0.4) is 0 Å². The molecule has 0 radical (unpaired) electrons. The second-order valence-corrected chi connectivity index (χ2v) is 6.58. The summed E-state index contributed by atoms with van der Waals surface area (Å²) in [5.41, 5.74) is 5.89. The Hall–Kier alpha value is -1.14. The number of hydrogen-bond donors (Lipinski definition) is 2. The molecule has 0 bridgehead atoms. The van der Waals surface area contributed by atoms with Crippen LogP contribution in [-0.2, 0) is 9.59 Å². The fourth-order valence-corrected chi connectivity index (χ4v) is 2.49. The number of nitrogens with one attached hydrogen (secondary N) is 1. The molecule has 21 heavy (non-hydrogen) atoms. The maximum atomic E-state index is 12.0. The van der Waals surface area contributed by atoms with Crippen molar-refractivity contribution in [2.24, 2.45) is 11.7 Å². The molecule has 1 saturated heterocycles. The lowest BCUT2D eigenvalue weighted by Crippen LogP contribution is -2.51. The van der Waals surface area contributed by atoms with Crippen molar-refractivity contribution in [2.45, 2.75) is 45.2 Å². The third kappa shape index (κ3) is 6.44. The van der Waals surface area contributed by atoms with Crippen LogP contribution < -0.4 is 11.1 Å². The number of carbonyl (C=O) groups excluding carboxylic acids is 2. The smallest absolute Gasteiger partial charge is 0.237 e. The van der Waals surface area contributed by atoms with Crippen LogP contribution in [0.1, 0.15) is 33.1 Å². The van der Waals surface area contributed by atoms with Crippen molar-refractivity contribution < 1.29 is 9.59 Å². The lowest BCUT2D eigenvalue weighted by Gasteiger charge is -2.33. The lowest BCUT2D eigenvalue weighted by atomic mass is 10.0. The Morgan fingerprint density at radius 1 is 1.29 bits per heavy atom. The first-order valence-corrected chi connectivity index (χ1v) is 7.78. The quantitative estimate of drug-likeness (QED) is 0.725. The van der Waals surface area contributed by atoms with Gasteiger partial charge in [-0.25, -0.2) is 0 Å². The topological polar surface area (TPSA) is 78.7 Å². The number of piperidine rings is 1. The Bertz CT molecular complexity index is 350. The third-order valence-corrected chi connectivity index (χ3v) is 3.85. The molecule has 0 unspecified atom stereocenters. The van der Waals surface area contributed by atoms with Gasteiger partial charge in [-0.3, -0.25) is 14.5 Å². The summed E-state index contributed by atoms with van der Waals surface area (Å²) in [4.78, 5) is 27.4. The van der Waals surface area contributed by atoms with E-state index in [0.717, 1.165) is 25.9 Å². The predicted octanol–water partition coefficient (Wildman–Crippen LogP) is 0.0286. The minimum absolute atomic E-state index is 0.0495. The maximum Gasteiger partial charge on any atom is 0.237 e. The highest BCUT2D eigenvalue weighted by Crippen LogP contribution is 2.11. The molecule has 1 aliphatic rings. The van der Waals surface area contributed by atoms with Gasteiger partial charge in [0, 0.05) is 33.2 Å². The molecule has 3 N–H and O–H groups in total. The van der Waals surface area contributed by atoms with E-state index >= 15 is 0 Å². The molecule has 1 rings (SSSR count). The number of rotatable bonds is 6. The van der Waals surface area contributed by atoms with Gasteiger partial charge in [0.25, 0.3) is 0 Å². The molecule has 6 heteroatoms. The van der Waals surface area contributed by atoms with Crippen molar-refractivity contribution in [3.05, 3.63) is 0 Å². The summed E-state index contributed by atoms with van der Waals surface area (Å²) in [6, 6.07) is -0.236. The average molecular weight is 298 g/mol. The maximum absolute atomic E-state index is 12.0. The fourth-order valence-electron chi connectivity index (χ4n) is 2.49. The Morgan fingerprint density at radius 2 is 1.86 bits per heavy atom. The van der Waals surface area contributed by atoms with Gasteiger partial charge in [-0.15, -0.1) is 0 Å². The van der Waals surface area contributed by atoms with Crippen LogP contribution in [-0.4, -0.2) is 67.4 Å². The van der Waals surface area contributed by atoms with Crippen LogP contribution in [0.5, 0.6) is 0 Å². The predicted molar refractivity (Wildman–Crippen MR) is 83.7 cm³/mol. The summed E-state index contributed by atoms with van der Waals surface area (Å²) >= 11 is 0. The summed E-state index contributed by atoms with van der Waals surface area (Å²) in [5.74, 6) is 0.493. The lowest BCUT2D eigenvalue weighted by molar-refractivity contribution is -0.130. The Kier molecular flexibility index (Phi) is 7.11. The number of amides is 2. The van der Waals surface area contributed by atoms with Crippen LogP contribution in [0, 0.1) is 5.92 Å². The monoisotopic (exact) mass is 298 g/mol. The zero-order valence-corrected chi connectivity index (χ0v) is 13.8. The van der Waals surface area contributed by atoms with Crippen LogP contribution in [0.2, 0.25) is 0 Å². The van der Waals surface area contributed by atoms with Crippen molar-refractivity contribution >= 4 is 11.8 Å². The van der Waals surface area contributed by atoms with Crippen molar-refractivity contribution in [1.82, 2.24) is 15.1 Å². The molecule has 1 atom stereocenters. The number of nitrogens with zero attached hydrogens (tertiary/aromatic N) is 2. The van der Waals surface area contributed by atoms with Gasteiger partial charge >= 0.3 is 0 Å². The summed E-state index contributed by atoms with van der Waals surface area (Å²) in [5, 5.41) is 3.03. The van der Waals surface area contributed by atoms with E-state index in [9.17, 15) is 9.59 Å². The number of likely N-dealkylation sites (N-methyl/N-ethyl adjacent to an activating group) is 1. The average Bonchev–Trinajstić information content (AvgIpc) is 2.39. The SMILES string of the molecule is CC(C)C[C@H](N)C(=O)NC1CCN(CC(=O)N(C)C)CC1. The Morgan fingerprint density at radius 3 is 2.33 bits per heavy atom. The van der Waals surface area contributed by atoms with Crippen molar-refractivity contribution in [3.63, 3.8) is 0 Å². The van der Waals surface area contributed by atoms with Crippen molar-refractivity contribution in [2.75, 3.05) is 33.7 Å². The molecule has 0 aromatic carbocycles. The highest BCUT2D eigenvalue weighted by molar-refractivity contribution is 5.81. The van der Waals surface area contributed by atoms with Gasteiger partial charge in [0.15, 0.2) is 0 Å². The van der Waals surface area contributed by atoms with Gasteiger partial charge in [-0.1, -0.05) is 13.8 Å². The van der Waals surface area contributed by atoms with Crippen LogP contribution in [0.25, 0.3) is 0 Å². The Balaban J connectivity index is 2.30. The first-order chi connectivity index (χ1) is 9.79. The van der Waals surface area contributed by atoms with Gasteiger partial charge in [0.05, 0.1) is 12.6 Å². The van der Waals surface area contributed by atoms with Crippen molar-refractivity contribution in [3.8, 4) is 0 Å². The molecule has 6 nitrogen and oxygen atoms in total. The summed E-state index contributed by atoms with van der Waals surface area (Å²) < 4.78 is 0. The van der Waals surface area contributed by atoms with E-state index in [2.05, 4.69) is 24.1 Å². The van der Waals surface area contributed by atoms with Gasteiger partial charge in [-0.2, -0.15) is 0 Å². The van der Waals surface area contributed by atoms with Gasteiger partial charge in [0.2, 0.25) is 11.8 Å². The zero-order chi connectivity index (χ0) is 16.0. The molecule has 0 aliphatic carbocycles. The van der Waals surface area contributed by atoms with E-state index in [-0.39, 0.29) is 17.9 Å². The summed E-state index contributed by atoms with van der Waals surface area (Å²) in [7, 11) is 3.54. The minimum atomic E-state index is -0.418. The largest absolute Gasteiger partial charge is 0.352 e. The molecule has 1 heterocycles. The molecule has 0 aromatic heterocycles. The molecule has 1 aliphatic heterocycles. The molecule has 0 saturated carbocycles. The molecular formula is C15H30N4O2. The van der Waals surface area contributed by atoms with Gasteiger partial charge < -0.3 is 16.0 Å². The minimum Gasteiger partial charge on any atom is -0.352 e. The number of hydrogen-bond acceptors (Lipinski definition) is 4. The molecule has 2 amide bonds. The van der Waals surface area contributed by atoms with Gasteiger partial charge in [-0.05, 0) is 25.2 Å². The fraction of sp³-hybridized carbons (Fsp3) is 0.867. The van der Waals surface area contributed by atoms with Crippen LogP contribution in [0.4, 0.5) is 0 Å². The second kappa shape index (κ2) is 8.34. The van der Waals surface area contributed by atoms with E-state index in [0.29, 0.717) is 18.9 Å². The molecule has 122 valence electrons.